The van der Waals surface area contributed by atoms with Crippen molar-refractivity contribution in [3.63, 3.8) is 0 Å². The Kier molecular flexibility index (Phi) is 6.32. The van der Waals surface area contributed by atoms with Crippen LogP contribution in [0.25, 0.3) is 0 Å². The van der Waals surface area contributed by atoms with Gasteiger partial charge in [0.15, 0.2) is 0 Å². The van der Waals surface area contributed by atoms with Gasteiger partial charge in [-0.1, -0.05) is 13.8 Å². The molecule has 3 heteroatoms. The monoisotopic (exact) mass is 229 g/mol. The van der Waals surface area contributed by atoms with Gasteiger partial charge >= 0.3 is 0 Å². The molecule has 0 aromatic heterocycles. The maximum atomic E-state index is 9.68. The molecule has 0 aliphatic heterocycles. The highest BCUT2D eigenvalue weighted by Crippen LogP contribution is 2.28. The molecule has 96 valence electrons. The fourth-order valence-corrected chi connectivity index (χ4v) is 1.84. The largest absolute Gasteiger partial charge is 0.389 e. The summed E-state index contributed by atoms with van der Waals surface area (Å²) in [5.41, 5.74) is 0. The molecule has 0 saturated heterocycles. The summed E-state index contributed by atoms with van der Waals surface area (Å²) in [6.45, 7) is 8.54. The number of rotatable bonds is 9. The van der Waals surface area contributed by atoms with Crippen LogP contribution in [0.1, 0.15) is 40.0 Å². The molecule has 3 nitrogen and oxygen atoms in total. The minimum atomic E-state index is -0.367. The molecule has 1 aliphatic carbocycles. The van der Waals surface area contributed by atoms with Gasteiger partial charge < -0.3 is 15.2 Å². The molecule has 0 aromatic carbocycles. The highest BCUT2D eigenvalue weighted by atomic mass is 16.5. The van der Waals surface area contributed by atoms with E-state index in [0.717, 1.165) is 18.9 Å². The Balaban J connectivity index is 1.93. The fourth-order valence-electron chi connectivity index (χ4n) is 1.84. The summed E-state index contributed by atoms with van der Waals surface area (Å²) in [6.07, 6.45) is 3.39. The molecule has 2 N–H and O–H groups in total. The maximum absolute atomic E-state index is 9.68. The van der Waals surface area contributed by atoms with Gasteiger partial charge in [-0.2, -0.15) is 0 Å². The van der Waals surface area contributed by atoms with Gasteiger partial charge in [0.2, 0.25) is 0 Å². The topological polar surface area (TPSA) is 41.5 Å². The summed E-state index contributed by atoms with van der Waals surface area (Å²) in [4.78, 5) is 0. The van der Waals surface area contributed by atoms with Crippen LogP contribution in [0.5, 0.6) is 0 Å². The molecule has 16 heavy (non-hydrogen) atoms. The summed E-state index contributed by atoms with van der Waals surface area (Å²) in [6, 6.07) is 0.470. The molecule has 0 aromatic rings. The number of aliphatic hydroxyl groups is 1. The van der Waals surface area contributed by atoms with Crippen LogP contribution in [-0.2, 0) is 4.74 Å². The molecule has 0 radical (unpaired) electrons. The smallest absolute Gasteiger partial charge is 0.0897 e. The van der Waals surface area contributed by atoms with Gasteiger partial charge in [-0.25, -0.2) is 0 Å². The van der Waals surface area contributed by atoms with Crippen LogP contribution in [0, 0.1) is 11.8 Å². The normalized spacial score (nSPS) is 20.1. The summed E-state index contributed by atoms with van der Waals surface area (Å²) in [5, 5.41) is 13.0. The van der Waals surface area contributed by atoms with Gasteiger partial charge in [0.25, 0.3) is 0 Å². The van der Waals surface area contributed by atoms with Crippen molar-refractivity contribution in [1.82, 2.24) is 5.32 Å². The van der Waals surface area contributed by atoms with Crippen molar-refractivity contribution in [2.45, 2.75) is 52.2 Å². The van der Waals surface area contributed by atoms with Crippen LogP contribution in [0.2, 0.25) is 0 Å². The predicted octanol–water partition coefficient (Wildman–Crippen LogP) is 1.80. The third kappa shape index (κ3) is 7.20. The Morgan fingerprint density at radius 1 is 1.31 bits per heavy atom. The minimum absolute atomic E-state index is 0.367. The van der Waals surface area contributed by atoms with Crippen molar-refractivity contribution in [3.8, 4) is 0 Å². The van der Waals surface area contributed by atoms with Gasteiger partial charge in [0.05, 0.1) is 12.7 Å². The Hall–Kier alpha value is -0.120. The zero-order valence-corrected chi connectivity index (χ0v) is 10.9. The van der Waals surface area contributed by atoms with E-state index in [4.69, 9.17) is 4.74 Å². The van der Waals surface area contributed by atoms with E-state index in [1.807, 2.05) is 0 Å². The summed E-state index contributed by atoms with van der Waals surface area (Å²) in [5.74, 6) is 1.48. The Morgan fingerprint density at radius 2 is 2.00 bits per heavy atom. The first kappa shape index (κ1) is 13.9. The predicted molar refractivity (Wildman–Crippen MR) is 66.5 cm³/mol. The van der Waals surface area contributed by atoms with E-state index in [2.05, 4.69) is 26.1 Å². The van der Waals surface area contributed by atoms with Gasteiger partial charge in [-0.3, -0.25) is 0 Å². The first-order chi connectivity index (χ1) is 7.58. The molecule has 0 spiro atoms. The van der Waals surface area contributed by atoms with Gasteiger partial charge in [0, 0.05) is 19.2 Å². The molecule has 2 unspecified atom stereocenters. The van der Waals surface area contributed by atoms with Crippen LogP contribution in [0.4, 0.5) is 0 Å². The van der Waals surface area contributed by atoms with E-state index in [-0.39, 0.29) is 6.10 Å². The zero-order chi connectivity index (χ0) is 12.0. The van der Waals surface area contributed by atoms with Crippen molar-refractivity contribution in [2.75, 3.05) is 19.8 Å². The van der Waals surface area contributed by atoms with E-state index in [9.17, 15) is 5.11 Å². The summed E-state index contributed by atoms with van der Waals surface area (Å²) < 4.78 is 5.44. The van der Waals surface area contributed by atoms with Crippen molar-refractivity contribution in [1.29, 1.82) is 0 Å². The van der Waals surface area contributed by atoms with Crippen molar-refractivity contribution in [3.05, 3.63) is 0 Å². The Morgan fingerprint density at radius 3 is 2.56 bits per heavy atom. The lowest BCUT2D eigenvalue weighted by molar-refractivity contribution is 0.0312. The fraction of sp³-hybridized carbons (Fsp3) is 1.00. The maximum Gasteiger partial charge on any atom is 0.0897 e. The third-order valence-corrected chi connectivity index (χ3v) is 2.89. The highest BCUT2D eigenvalue weighted by molar-refractivity contribution is 4.72. The number of hydrogen-bond donors (Lipinski definition) is 2. The number of aliphatic hydroxyl groups excluding tert-OH is 1. The Bertz CT molecular complexity index is 181. The van der Waals surface area contributed by atoms with Gasteiger partial charge in [0.1, 0.15) is 0 Å². The van der Waals surface area contributed by atoms with Gasteiger partial charge in [-0.05, 0) is 38.0 Å². The van der Waals surface area contributed by atoms with Crippen molar-refractivity contribution < 1.29 is 9.84 Å². The number of hydrogen-bond acceptors (Lipinski definition) is 3. The zero-order valence-electron chi connectivity index (χ0n) is 10.9. The lowest BCUT2D eigenvalue weighted by Crippen LogP contribution is -2.36. The molecule has 2 atom stereocenters. The molecule has 1 aliphatic rings. The van der Waals surface area contributed by atoms with E-state index < -0.39 is 0 Å². The van der Waals surface area contributed by atoms with Crippen molar-refractivity contribution in [2.24, 2.45) is 11.8 Å². The lowest BCUT2D eigenvalue weighted by atomic mass is 10.1. The molecule has 1 rings (SSSR count). The van der Waals surface area contributed by atoms with E-state index in [0.29, 0.717) is 25.1 Å². The molecular weight excluding hydrogens is 202 g/mol. The second kappa shape index (κ2) is 7.25. The van der Waals surface area contributed by atoms with Crippen LogP contribution in [0.3, 0.4) is 0 Å². The van der Waals surface area contributed by atoms with Crippen LogP contribution in [-0.4, -0.2) is 37.0 Å². The quantitative estimate of drug-likeness (QED) is 0.633. The second-order valence-corrected chi connectivity index (χ2v) is 5.57. The molecule has 0 amide bonds. The third-order valence-electron chi connectivity index (χ3n) is 2.89. The molecule has 0 heterocycles. The molecular formula is C13H27NO2. The average molecular weight is 229 g/mol. The van der Waals surface area contributed by atoms with E-state index >= 15 is 0 Å². The highest BCUT2D eigenvalue weighted by Gasteiger charge is 2.21. The standard InChI is InChI=1S/C13H27NO2/c1-10(2)6-11(3)14-7-13(15)9-16-8-12-4-5-12/h10-15H,4-9H2,1-3H3. The van der Waals surface area contributed by atoms with E-state index in [1.54, 1.807) is 0 Å². The minimum Gasteiger partial charge on any atom is -0.389 e. The molecule has 0 bridgehead atoms. The van der Waals surface area contributed by atoms with Gasteiger partial charge in [-0.15, -0.1) is 0 Å². The summed E-state index contributed by atoms with van der Waals surface area (Å²) >= 11 is 0. The Labute approximate surface area is 99.6 Å². The van der Waals surface area contributed by atoms with Crippen LogP contribution in [0.15, 0.2) is 0 Å². The molecule has 1 fully saturated rings. The van der Waals surface area contributed by atoms with E-state index in [1.165, 1.54) is 12.8 Å². The van der Waals surface area contributed by atoms with Crippen molar-refractivity contribution >= 4 is 0 Å². The second-order valence-electron chi connectivity index (χ2n) is 5.57. The molecule has 1 saturated carbocycles. The number of nitrogens with one attached hydrogen (secondary N) is 1. The van der Waals surface area contributed by atoms with Crippen LogP contribution < -0.4 is 5.32 Å². The summed E-state index contributed by atoms with van der Waals surface area (Å²) in [7, 11) is 0. The first-order valence-corrected chi connectivity index (χ1v) is 6.57. The average Bonchev–Trinajstić information content (AvgIpc) is 2.97. The lowest BCUT2D eigenvalue weighted by Gasteiger charge is -2.18. The first-order valence-electron chi connectivity index (χ1n) is 6.57. The number of ether oxygens (including phenoxy) is 1. The van der Waals surface area contributed by atoms with Crippen LogP contribution >= 0.6 is 0 Å². The SMILES string of the molecule is CC(C)CC(C)NCC(O)COCC1CC1.